The van der Waals surface area contributed by atoms with Crippen LogP contribution in [0, 0.1) is 23.3 Å². The fourth-order valence-electron chi connectivity index (χ4n) is 2.59. The van der Waals surface area contributed by atoms with E-state index >= 15 is 0 Å². The molecule has 11 heteroatoms. The molecular formula is C16H13F4N3O3S. The van der Waals surface area contributed by atoms with Gasteiger partial charge in [-0.15, -0.1) is 0 Å². The second-order valence-corrected chi connectivity index (χ2v) is 7.22. The van der Waals surface area contributed by atoms with Gasteiger partial charge in [0.05, 0.1) is 24.7 Å². The number of imidazole rings is 1. The number of rotatable bonds is 5. The molecule has 0 aliphatic heterocycles. The summed E-state index contributed by atoms with van der Waals surface area (Å²) in [6, 6.07) is 6.93. The smallest absolute Gasteiger partial charge is 0.247 e. The van der Waals surface area contributed by atoms with Crippen molar-refractivity contribution in [3.63, 3.8) is 0 Å². The Kier molecular flexibility index (Phi) is 4.82. The summed E-state index contributed by atoms with van der Waals surface area (Å²) >= 11 is 0. The Hall–Kier alpha value is -2.66. The second kappa shape index (κ2) is 6.82. The van der Waals surface area contributed by atoms with Crippen molar-refractivity contribution in [2.75, 3.05) is 7.11 Å². The third-order valence-corrected chi connectivity index (χ3v) is 5.38. The predicted molar refractivity (Wildman–Crippen MR) is 87.6 cm³/mol. The number of sulfonamides is 1. The molecule has 0 fully saturated rings. The normalized spacial score (nSPS) is 11.9. The Balaban J connectivity index is 1.99. The van der Waals surface area contributed by atoms with E-state index in [-0.39, 0.29) is 5.82 Å². The van der Waals surface area contributed by atoms with Crippen LogP contribution >= 0.6 is 0 Å². The van der Waals surface area contributed by atoms with Crippen molar-refractivity contribution in [2.45, 2.75) is 11.4 Å². The zero-order valence-electron chi connectivity index (χ0n) is 14.1. The molecule has 0 saturated heterocycles. The molecule has 0 saturated carbocycles. The van der Waals surface area contributed by atoms with Gasteiger partial charge in [-0.25, -0.2) is 26.9 Å². The van der Waals surface area contributed by atoms with Crippen LogP contribution < -0.4 is 9.46 Å². The van der Waals surface area contributed by atoms with E-state index in [1.54, 1.807) is 35.9 Å². The van der Waals surface area contributed by atoms with Crippen LogP contribution in [0.15, 0.2) is 29.2 Å². The largest absolute Gasteiger partial charge is 0.491 e. The van der Waals surface area contributed by atoms with E-state index < -0.39 is 50.5 Å². The van der Waals surface area contributed by atoms with Crippen LogP contribution in [0.1, 0.15) is 5.82 Å². The van der Waals surface area contributed by atoms with E-state index in [4.69, 9.17) is 0 Å². The lowest BCUT2D eigenvalue weighted by Gasteiger charge is -2.12. The topological polar surface area (TPSA) is 73.2 Å². The van der Waals surface area contributed by atoms with Gasteiger partial charge >= 0.3 is 0 Å². The van der Waals surface area contributed by atoms with Crippen molar-refractivity contribution in [1.29, 1.82) is 0 Å². The highest BCUT2D eigenvalue weighted by Crippen LogP contribution is 2.32. The third-order valence-electron chi connectivity index (χ3n) is 3.96. The van der Waals surface area contributed by atoms with E-state index in [0.717, 1.165) is 7.11 Å². The maximum Gasteiger partial charge on any atom is 0.247 e. The highest BCUT2D eigenvalue weighted by atomic mass is 32.2. The molecule has 0 aliphatic rings. The van der Waals surface area contributed by atoms with Gasteiger partial charge in [-0.05, 0) is 12.1 Å². The Labute approximate surface area is 151 Å². The number of nitrogens with one attached hydrogen (secondary N) is 1. The molecule has 6 nitrogen and oxygen atoms in total. The molecule has 144 valence electrons. The minimum atomic E-state index is -4.93. The van der Waals surface area contributed by atoms with E-state index in [1.165, 1.54) is 0 Å². The van der Waals surface area contributed by atoms with Crippen LogP contribution in [-0.2, 0) is 23.6 Å². The monoisotopic (exact) mass is 403 g/mol. The van der Waals surface area contributed by atoms with Gasteiger partial charge in [0.1, 0.15) is 5.82 Å². The Morgan fingerprint density at radius 2 is 1.67 bits per heavy atom. The lowest BCUT2D eigenvalue weighted by atomic mass is 10.3. The Bertz CT molecular complexity index is 1120. The first-order valence-electron chi connectivity index (χ1n) is 7.49. The molecule has 0 spiro atoms. The second-order valence-electron chi connectivity index (χ2n) is 5.52. The zero-order chi connectivity index (χ0) is 19.9. The number of aryl methyl sites for hydroxylation is 1. The quantitative estimate of drug-likeness (QED) is 0.525. The van der Waals surface area contributed by atoms with E-state index in [9.17, 15) is 26.0 Å². The number of para-hydroxylation sites is 2. The van der Waals surface area contributed by atoms with Gasteiger partial charge in [0.15, 0.2) is 22.3 Å². The summed E-state index contributed by atoms with van der Waals surface area (Å²) in [7, 11) is -2.52. The fourth-order valence-corrected chi connectivity index (χ4v) is 3.71. The van der Waals surface area contributed by atoms with Crippen molar-refractivity contribution >= 4 is 21.1 Å². The number of ether oxygens (including phenoxy) is 1. The Morgan fingerprint density at radius 1 is 1.07 bits per heavy atom. The molecule has 0 unspecified atom stereocenters. The molecule has 1 heterocycles. The molecule has 0 aliphatic carbocycles. The average Bonchev–Trinajstić information content (AvgIpc) is 2.95. The number of nitrogens with zero attached hydrogens (tertiary/aromatic N) is 2. The molecule has 3 aromatic rings. The zero-order valence-corrected chi connectivity index (χ0v) is 14.9. The minimum absolute atomic E-state index is 0.232. The lowest BCUT2D eigenvalue weighted by molar-refractivity contribution is 0.322. The summed E-state index contributed by atoms with van der Waals surface area (Å²) in [4.78, 5) is 2.43. The van der Waals surface area contributed by atoms with Gasteiger partial charge in [0, 0.05) is 7.05 Å². The van der Waals surface area contributed by atoms with Gasteiger partial charge < -0.3 is 9.30 Å². The summed E-state index contributed by atoms with van der Waals surface area (Å²) < 4.78 is 87.9. The van der Waals surface area contributed by atoms with Gasteiger partial charge in [0.25, 0.3) is 0 Å². The van der Waals surface area contributed by atoms with Crippen molar-refractivity contribution in [2.24, 2.45) is 7.05 Å². The van der Waals surface area contributed by atoms with E-state index in [2.05, 4.69) is 9.72 Å². The number of halogens is 4. The predicted octanol–water partition coefficient (Wildman–Crippen LogP) is 2.62. The molecule has 0 amide bonds. The number of benzene rings is 2. The number of hydrogen-bond donors (Lipinski definition) is 1. The molecule has 3 rings (SSSR count). The molecule has 0 bridgehead atoms. The summed E-state index contributed by atoms with van der Waals surface area (Å²) in [5.41, 5.74) is 1.28. The number of aromatic nitrogens is 2. The minimum Gasteiger partial charge on any atom is -0.491 e. The number of fused-ring (bicyclic) bond motifs is 1. The first-order valence-corrected chi connectivity index (χ1v) is 8.97. The van der Waals surface area contributed by atoms with Crippen LogP contribution in [0.3, 0.4) is 0 Å². The van der Waals surface area contributed by atoms with Crippen LogP contribution in [0.4, 0.5) is 17.6 Å². The highest BCUT2D eigenvalue weighted by Gasteiger charge is 2.33. The molecule has 1 aromatic heterocycles. The highest BCUT2D eigenvalue weighted by molar-refractivity contribution is 7.89. The first kappa shape index (κ1) is 19.1. The molecule has 2 aromatic carbocycles. The van der Waals surface area contributed by atoms with Crippen molar-refractivity contribution in [3.05, 3.63) is 53.4 Å². The SMILES string of the molecule is COc1c(F)c(F)c(S(=O)(=O)NCc2nc3ccccc3n2C)c(F)c1F. The van der Waals surface area contributed by atoms with Crippen molar-refractivity contribution in [3.8, 4) is 5.75 Å². The first-order chi connectivity index (χ1) is 12.7. The number of hydrogen-bond acceptors (Lipinski definition) is 4. The van der Waals surface area contributed by atoms with Crippen LogP contribution in [-0.4, -0.2) is 25.1 Å². The fraction of sp³-hybridized carbons (Fsp3) is 0.188. The van der Waals surface area contributed by atoms with E-state index in [0.29, 0.717) is 11.0 Å². The van der Waals surface area contributed by atoms with Crippen molar-refractivity contribution < 1.29 is 30.7 Å². The summed E-state index contributed by atoms with van der Waals surface area (Å²) in [6.07, 6.45) is 0. The Morgan fingerprint density at radius 3 is 2.22 bits per heavy atom. The molecule has 0 radical (unpaired) electrons. The number of methoxy groups -OCH3 is 1. The average molecular weight is 403 g/mol. The molecule has 1 N–H and O–H groups in total. The van der Waals surface area contributed by atoms with Crippen molar-refractivity contribution in [1.82, 2.24) is 14.3 Å². The van der Waals surface area contributed by atoms with Gasteiger partial charge in [-0.2, -0.15) is 8.78 Å². The molecular weight excluding hydrogens is 390 g/mol. The molecule has 27 heavy (non-hydrogen) atoms. The summed E-state index contributed by atoms with van der Waals surface area (Å²) in [5, 5.41) is 0. The van der Waals surface area contributed by atoms with Crippen LogP contribution in [0.2, 0.25) is 0 Å². The third kappa shape index (κ3) is 3.12. The standard InChI is InChI=1S/C16H13F4N3O3S/c1-23-9-6-4-3-5-8(9)22-10(23)7-21-27(24,25)16-13(19)11(17)15(26-2)12(18)14(16)20/h3-6,21H,7H2,1-2H3. The summed E-state index contributed by atoms with van der Waals surface area (Å²) in [5.74, 6) is -9.17. The lowest BCUT2D eigenvalue weighted by Crippen LogP contribution is -2.27. The summed E-state index contributed by atoms with van der Waals surface area (Å²) in [6.45, 7) is -0.457. The van der Waals surface area contributed by atoms with Gasteiger partial charge in [-0.1, -0.05) is 12.1 Å². The van der Waals surface area contributed by atoms with Crippen LogP contribution in [0.5, 0.6) is 5.75 Å². The van der Waals surface area contributed by atoms with Gasteiger partial charge in [0.2, 0.25) is 21.7 Å². The van der Waals surface area contributed by atoms with E-state index in [1.807, 2.05) is 4.72 Å². The van der Waals surface area contributed by atoms with Gasteiger partial charge in [-0.3, -0.25) is 0 Å². The maximum atomic E-state index is 14.1. The molecule has 0 atom stereocenters. The maximum absolute atomic E-state index is 14.1. The van der Waals surface area contributed by atoms with Crippen LogP contribution in [0.25, 0.3) is 11.0 Å².